The molecule has 0 fully saturated rings. The zero-order valence-electron chi connectivity index (χ0n) is 7.90. The molecule has 0 spiro atoms. The van der Waals surface area contributed by atoms with Crippen molar-refractivity contribution >= 4 is 12.3 Å². The maximum Gasteiger partial charge on any atom is 0.356 e. The molecule has 74 valence electrons. The molecule has 0 bridgehead atoms. The number of nitrogens with zero attached hydrogens (tertiary/aromatic N) is 1. The highest BCUT2D eigenvalue weighted by molar-refractivity contribution is 5.86. The van der Waals surface area contributed by atoms with E-state index in [2.05, 4.69) is 9.72 Å². The predicted octanol–water partition coefficient (Wildman–Crippen LogP) is 1.000. The minimum absolute atomic E-state index is 0.280. The highest BCUT2D eigenvalue weighted by atomic mass is 16.5. The molecule has 0 aromatic carbocycles. The van der Waals surface area contributed by atoms with Crippen molar-refractivity contribution in [2.24, 2.45) is 0 Å². The zero-order chi connectivity index (χ0) is 10.4. The van der Waals surface area contributed by atoms with Crippen LogP contribution in [0.3, 0.4) is 0 Å². The summed E-state index contributed by atoms with van der Waals surface area (Å²) >= 11 is 0. The standard InChI is InChI=1S/C10H11NO3/c1-14-10(13)9-5-4-8(7-11-9)3-2-6-12/h4-7H,2-3H2,1H3. The van der Waals surface area contributed by atoms with Gasteiger partial charge in [0.2, 0.25) is 0 Å². The minimum atomic E-state index is -0.452. The van der Waals surface area contributed by atoms with Crippen molar-refractivity contribution in [3.8, 4) is 0 Å². The van der Waals surface area contributed by atoms with Gasteiger partial charge in [-0.25, -0.2) is 9.78 Å². The van der Waals surface area contributed by atoms with E-state index in [9.17, 15) is 9.59 Å². The van der Waals surface area contributed by atoms with E-state index in [4.69, 9.17) is 0 Å². The van der Waals surface area contributed by atoms with Crippen molar-refractivity contribution in [1.82, 2.24) is 4.98 Å². The number of esters is 1. The third-order valence-electron chi connectivity index (χ3n) is 1.77. The molecule has 0 N–H and O–H groups in total. The fraction of sp³-hybridized carbons (Fsp3) is 0.300. The van der Waals surface area contributed by atoms with Crippen LogP contribution in [-0.2, 0) is 16.0 Å². The van der Waals surface area contributed by atoms with E-state index in [1.165, 1.54) is 7.11 Å². The van der Waals surface area contributed by atoms with Crippen molar-refractivity contribution in [2.45, 2.75) is 12.8 Å². The molecule has 1 aromatic heterocycles. The van der Waals surface area contributed by atoms with Crippen LogP contribution in [0.25, 0.3) is 0 Å². The number of aryl methyl sites for hydroxylation is 1. The largest absolute Gasteiger partial charge is 0.464 e. The smallest absolute Gasteiger partial charge is 0.356 e. The average Bonchev–Trinajstić information content (AvgIpc) is 2.26. The van der Waals surface area contributed by atoms with E-state index < -0.39 is 5.97 Å². The van der Waals surface area contributed by atoms with Crippen LogP contribution < -0.4 is 0 Å². The number of carbonyl (C=O) groups excluding carboxylic acids is 2. The Bertz CT molecular complexity index is 319. The van der Waals surface area contributed by atoms with Crippen LogP contribution in [0.1, 0.15) is 22.5 Å². The first-order valence-electron chi connectivity index (χ1n) is 4.25. The van der Waals surface area contributed by atoms with Gasteiger partial charge in [0, 0.05) is 12.6 Å². The summed E-state index contributed by atoms with van der Waals surface area (Å²) in [5.74, 6) is -0.452. The summed E-state index contributed by atoms with van der Waals surface area (Å²) in [6.45, 7) is 0. The molecule has 4 heteroatoms. The van der Waals surface area contributed by atoms with Gasteiger partial charge in [0.05, 0.1) is 7.11 Å². The molecule has 0 unspecified atom stereocenters. The first kappa shape index (κ1) is 10.4. The number of hydrogen-bond donors (Lipinski definition) is 0. The SMILES string of the molecule is COC(=O)c1ccc(CCC=O)cn1. The van der Waals surface area contributed by atoms with Gasteiger partial charge in [-0.1, -0.05) is 6.07 Å². The lowest BCUT2D eigenvalue weighted by atomic mass is 10.1. The van der Waals surface area contributed by atoms with Crippen LogP contribution >= 0.6 is 0 Å². The van der Waals surface area contributed by atoms with Gasteiger partial charge in [-0.05, 0) is 18.1 Å². The Morgan fingerprint density at radius 1 is 1.57 bits per heavy atom. The lowest BCUT2D eigenvalue weighted by Crippen LogP contribution is -2.04. The number of rotatable bonds is 4. The van der Waals surface area contributed by atoms with Crippen molar-refractivity contribution in [3.05, 3.63) is 29.6 Å². The van der Waals surface area contributed by atoms with Gasteiger partial charge in [-0.3, -0.25) is 0 Å². The van der Waals surface area contributed by atoms with E-state index in [0.29, 0.717) is 12.8 Å². The van der Waals surface area contributed by atoms with Gasteiger partial charge < -0.3 is 9.53 Å². The highest BCUT2D eigenvalue weighted by Crippen LogP contribution is 2.03. The molecule has 0 saturated heterocycles. The number of hydrogen-bond acceptors (Lipinski definition) is 4. The lowest BCUT2D eigenvalue weighted by Gasteiger charge is -1.99. The normalized spacial score (nSPS) is 9.50. The fourth-order valence-electron chi connectivity index (χ4n) is 1.02. The topological polar surface area (TPSA) is 56.3 Å². The second kappa shape index (κ2) is 5.11. The van der Waals surface area contributed by atoms with E-state index in [-0.39, 0.29) is 5.69 Å². The van der Waals surface area contributed by atoms with E-state index in [0.717, 1.165) is 11.8 Å². The quantitative estimate of drug-likeness (QED) is 0.528. The second-order valence-electron chi connectivity index (χ2n) is 2.75. The molecule has 0 saturated carbocycles. The second-order valence-corrected chi connectivity index (χ2v) is 2.75. The molecule has 0 atom stereocenters. The number of aromatic nitrogens is 1. The summed E-state index contributed by atoms with van der Waals surface area (Å²) in [6, 6.07) is 3.36. The van der Waals surface area contributed by atoms with E-state index in [1.807, 2.05) is 0 Å². The molecule has 1 rings (SSSR count). The van der Waals surface area contributed by atoms with Gasteiger partial charge in [-0.15, -0.1) is 0 Å². The Kier molecular flexibility index (Phi) is 3.79. The summed E-state index contributed by atoms with van der Waals surface area (Å²) in [7, 11) is 1.31. The van der Waals surface area contributed by atoms with Gasteiger partial charge in [0.25, 0.3) is 0 Å². The summed E-state index contributed by atoms with van der Waals surface area (Å²) in [6.07, 6.45) is 3.56. The first-order valence-corrected chi connectivity index (χ1v) is 4.25. The van der Waals surface area contributed by atoms with Crippen LogP contribution in [-0.4, -0.2) is 24.3 Å². The summed E-state index contributed by atoms with van der Waals surface area (Å²) in [4.78, 5) is 25.0. The molecule has 4 nitrogen and oxygen atoms in total. The Morgan fingerprint density at radius 3 is 2.86 bits per heavy atom. The van der Waals surface area contributed by atoms with E-state index in [1.54, 1.807) is 18.3 Å². The van der Waals surface area contributed by atoms with Crippen LogP contribution in [0, 0.1) is 0 Å². The molecule has 1 heterocycles. The molecule has 0 radical (unpaired) electrons. The van der Waals surface area contributed by atoms with Gasteiger partial charge in [0.15, 0.2) is 0 Å². The lowest BCUT2D eigenvalue weighted by molar-refractivity contribution is -0.107. The highest BCUT2D eigenvalue weighted by Gasteiger charge is 2.05. The summed E-state index contributed by atoms with van der Waals surface area (Å²) < 4.78 is 4.50. The summed E-state index contributed by atoms with van der Waals surface area (Å²) in [5, 5.41) is 0. The maximum atomic E-state index is 11.0. The Labute approximate surface area is 81.9 Å². The number of methoxy groups -OCH3 is 1. The molecule has 0 amide bonds. The number of ether oxygens (including phenoxy) is 1. The van der Waals surface area contributed by atoms with Crippen LogP contribution in [0.4, 0.5) is 0 Å². The van der Waals surface area contributed by atoms with Gasteiger partial charge in [0.1, 0.15) is 12.0 Å². The number of pyridine rings is 1. The van der Waals surface area contributed by atoms with Crippen LogP contribution in [0.15, 0.2) is 18.3 Å². The monoisotopic (exact) mass is 193 g/mol. The molecular formula is C10H11NO3. The molecule has 0 aliphatic carbocycles. The molecule has 0 aliphatic rings. The van der Waals surface area contributed by atoms with Crippen molar-refractivity contribution < 1.29 is 14.3 Å². The van der Waals surface area contributed by atoms with Crippen molar-refractivity contribution in [2.75, 3.05) is 7.11 Å². The Balaban J connectivity index is 2.68. The van der Waals surface area contributed by atoms with Crippen molar-refractivity contribution in [3.63, 3.8) is 0 Å². The van der Waals surface area contributed by atoms with Crippen LogP contribution in [0.2, 0.25) is 0 Å². The molecule has 1 aromatic rings. The summed E-state index contributed by atoms with van der Waals surface area (Å²) in [5.41, 5.74) is 1.21. The van der Waals surface area contributed by atoms with Gasteiger partial charge in [-0.2, -0.15) is 0 Å². The third-order valence-corrected chi connectivity index (χ3v) is 1.77. The fourth-order valence-corrected chi connectivity index (χ4v) is 1.02. The number of aldehydes is 1. The minimum Gasteiger partial charge on any atom is -0.464 e. The van der Waals surface area contributed by atoms with Crippen LogP contribution in [0.5, 0.6) is 0 Å². The third kappa shape index (κ3) is 2.65. The molecular weight excluding hydrogens is 182 g/mol. The molecule has 14 heavy (non-hydrogen) atoms. The van der Waals surface area contributed by atoms with E-state index >= 15 is 0 Å². The zero-order valence-corrected chi connectivity index (χ0v) is 7.90. The maximum absolute atomic E-state index is 11.0. The molecule has 0 aliphatic heterocycles. The predicted molar refractivity (Wildman–Crippen MR) is 50.0 cm³/mol. The Hall–Kier alpha value is -1.71. The average molecular weight is 193 g/mol. The van der Waals surface area contributed by atoms with Crippen molar-refractivity contribution in [1.29, 1.82) is 0 Å². The van der Waals surface area contributed by atoms with Gasteiger partial charge >= 0.3 is 5.97 Å². The first-order chi connectivity index (χ1) is 6.77. The number of carbonyl (C=O) groups is 2. The Morgan fingerprint density at radius 2 is 2.36 bits per heavy atom.